The Hall–Kier alpha value is -0.810. The van der Waals surface area contributed by atoms with Gasteiger partial charge in [0.2, 0.25) is 5.91 Å². The van der Waals surface area contributed by atoms with E-state index in [0.29, 0.717) is 13.0 Å². The Kier molecular flexibility index (Phi) is 15.7. The number of halogens is 2. The maximum atomic E-state index is 11.6. The van der Waals surface area contributed by atoms with Crippen molar-refractivity contribution >= 4 is 30.7 Å². The molecule has 0 aromatic heterocycles. The zero-order chi connectivity index (χ0) is 15.5. The van der Waals surface area contributed by atoms with E-state index in [-0.39, 0.29) is 30.7 Å². The zero-order valence-electron chi connectivity index (χ0n) is 14.4. The van der Waals surface area contributed by atoms with Gasteiger partial charge in [-0.25, -0.2) is 0 Å². The Morgan fingerprint density at radius 1 is 1.04 bits per heavy atom. The van der Waals surface area contributed by atoms with Gasteiger partial charge >= 0.3 is 0 Å². The van der Waals surface area contributed by atoms with Crippen molar-refractivity contribution in [3.8, 4) is 0 Å². The number of carbonyl (C=O) groups excluding carboxylic acids is 1. The molecule has 4 nitrogen and oxygen atoms in total. The van der Waals surface area contributed by atoms with Crippen LogP contribution in [0.3, 0.4) is 0 Å². The summed E-state index contributed by atoms with van der Waals surface area (Å²) in [6, 6.07) is 8.51. The van der Waals surface area contributed by atoms with Gasteiger partial charge in [-0.05, 0) is 44.2 Å². The SMILES string of the molecule is CCN(CC)Cc1ccc(CNC(=O)CCCNC)cc1.Cl.Cl. The molecule has 0 heterocycles. The van der Waals surface area contributed by atoms with Gasteiger partial charge in [0.05, 0.1) is 0 Å². The second-order valence-electron chi connectivity index (χ2n) is 5.26. The van der Waals surface area contributed by atoms with Crippen LogP contribution < -0.4 is 10.6 Å². The quantitative estimate of drug-likeness (QED) is 0.628. The first kappa shape index (κ1) is 24.4. The smallest absolute Gasteiger partial charge is 0.220 e. The fourth-order valence-electron chi connectivity index (χ4n) is 2.18. The minimum atomic E-state index is 0. The van der Waals surface area contributed by atoms with Crippen molar-refractivity contribution in [2.24, 2.45) is 0 Å². The average molecular weight is 364 g/mol. The van der Waals surface area contributed by atoms with Crippen LogP contribution >= 0.6 is 24.8 Å². The maximum absolute atomic E-state index is 11.6. The number of nitrogens with one attached hydrogen (secondary N) is 2. The summed E-state index contributed by atoms with van der Waals surface area (Å²) in [5.41, 5.74) is 2.48. The topological polar surface area (TPSA) is 44.4 Å². The average Bonchev–Trinajstić information content (AvgIpc) is 2.52. The van der Waals surface area contributed by atoms with Crippen LogP contribution in [0.4, 0.5) is 0 Å². The molecule has 23 heavy (non-hydrogen) atoms. The summed E-state index contributed by atoms with van der Waals surface area (Å²) in [4.78, 5) is 14.0. The lowest BCUT2D eigenvalue weighted by molar-refractivity contribution is -0.121. The third kappa shape index (κ3) is 10.6. The minimum Gasteiger partial charge on any atom is -0.352 e. The van der Waals surface area contributed by atoms with E-state index in [2.05, 4.69) is 53.6 Å². The van der Waals surface area contributed by atoms with Crippen LogP contribution in [-0.2, 0) is 17.9 Å². The maximum Gasteiger partial charge on any atom is 0.220 e. The molecule has 6 heteroatoms. The lowest BCUT2D eigenvalue weighted by atomic mass is 10.1. The van der Waals surface area contributed by atoms with Crippen LogP contribution in [0, 0.1) is 0 Å². The minimum absolute atomic E-state index is 0. The third-order valence-electron chi connectivity index (χ3n) is 3.64. The van der Waals surface area contributed by atoms with E-state index in [0.717, 1.165) is 38.2 Å². The lowest BCUT2D eigenvalue weighted by Crippen LogP contribution is -2.24. The van der Waals surface area contributed by atoms with Crippen molar-refractivity contribution in [1.29, 1.82) is 0 Å². The summed E-state index contributed by atoms with van der Waals surface area (Å²) in [7, 11) is 1.90. The molecule has 0 aliphatic heterocycles. The Morgan fingerprint density at radius 2 is 1.61 bits per heavy atom. The van der Waals surface area contributed by atoms with Gasteiger partial charge in [-0.3, -0.25) is 9.69 Å². The number of benzene rings is 1. The first-order valence-corrected chi connectivity index (χ1v) is 7.91. The molecule has 0 radical (unpaired) electrons. The van der Waals surface area contributed by atoms with Crippen molar-refractivity contribution in [2.75, 3.05) is 26.7 Å². The summed E-state index contributed by atoms with van der Waals surface area (Å²) in [6.07, 6.45) is 1.46. The van der Waals surface area contributed by atoms with E-state index in [1.54, 1.807) is 0 Å². The molecule has 0 saturated heterocycles. The Bertz CT molecular complexity index is 409. The van der Waals surface area contributed by atoms with Crippen LogP contribution in [-0.4, -0.2) is 37.5 Å². The van der Waals surface area contributed by atoms with Crippen molar-refractivity contribution < 1.29 is 4.79 Å². The highest BCUT2D eigenvalue weighted by Gasteiger charge is 2.03. The van der Waals surface area contributed by atoms with Crippen LogP contribution in [0.15, 0.2) is 24.3 Å². The molecule has 0 aliphatic rings. The van der Waals surface area contributed by atoms with E-state index in [1.807, 2.05) is 7.05 Å². The van der Waals surface area contributed by atoms with Gasteiger partial charge < -0.3 is 10.6 Å². The second kappa shape index (κ2) is 14.8. The first-order valence-electron chi connectivity index (χ1n) is 7.91. The van der Waals surface area contributed by atoms with E-state index in [1.165, 1.54) is 5.56 Å². The molecule has 1 rings (SSSR count). The normalized spacial score (nSPS) is 9.91. The molecule has 134 valence electrons. The number of hydrogen-bond donors (Lipinski definition) is 2. The molecular weight excluding hydrogens is 333 g/mol. The molecule has 0 saturated carbocycles. The number of carbonyl (C=O) groups is 1. The third-order valence-corrected chi connectivity index (χ3v) is 3.64. The van der Waals surface area contributed by atoms with E-state index in [9.17, 15) is 4.79 Å². The largest absolute Gasteiger partial charge is 0.352 e. The predicted molar refractivity (Wildman–Crippen MR) is 103 cm³/mol. The molecule has 2 N–H and O–H groups in total. The predicted octanol–water partition coefficient (Wildman–Crippen LogP) is 2.99. The molecule has 0 atom stereocenters. The van der Waals surface area contributed by atoms with Crippen LogP contribution in [0.25, 0.3) is 0 Å². The van der Waals surface area contributed by atoms with E-state index in [4.69, 9.17) is 0 Å². The lowest BCUT2D eigenvalue weighted by Gasteiger charge is -2.18. The van der Waals surface area contributed by atoms with Crippen LogP contribution in [0.5, 0.6) is 0 Å². The fourth-order valence-corrected chi connectivity index (χ4v) is 2.18. The molecule has 0 aliphatic carbocycles. The first-order chi connectivity index (χ1) is 10.2. The monoisotopic (exact) mass is 363 g/mol. The van der Waals surface area contributed by atoms with Gasteiger partial charge in [0.25, 0.3) is 0 Å². The highest BCUT2D eigenvalue weighted by Crippen LogP contribution is 2.07. The van der Waals surface area contributed by atoms with Crippen LogP contribution in [0.2, 0.25) is 0 Å². The summed E-state index contributed by atoms with van der Waals surface area (Å²) in [6.45, 7) is 8.99. The number of amides is 1. The highest BCUT2D eigenvalue weighted by atomic mass is 35.5. The van der Waals surface area contributed by atoms with Crippen molar-refractivity contribution in [2.45, 2.75) is 39.8 Å². The summed E-state index contributed by atoms with van der Waals surface area (Å²) >= 11 is 0. The van der Waals surface area contributed by atoms with Crippen molar-refractivity contribution in [3.63, 3.8) is 0 Å². The molecule has 0 bridgehead atoms. The van der Waals surface area contributed by atoms with Gasteiger partial charge in [0.1, 0.15) is 0 Å². The molecule has 1 aromatic carbocycles. The van der Waals surface area contributed by atoms with Crippen molar-refractivity contribution in [1.82, 2.24) is 15.5 Å². The summed E-state index contributed by atoms with van der Waals surface area (Å²) in [5, 5.41) is 6.01. The molecule has 0 spiro atoms. The fraction of sp³-hybridized carbons (Fsp3) is 0.588. The van der Waals surface area contributed by atoms with Crippen molar-refractivity contribution in [3.05, 3.63) is 35.4 Å². The van der Waals surface area contributed by atoms with Crippen LogP contribution in [0.1, 0.15) is 37.8 Å². The van der Waals surface area contributed by atoms with Gasteiger partial charge in [0.15, 0.2) is 0 Å². The summed E-state index contributed by atoms with van der Waals surface area (Å²) in [5.74, 6) is 0.123. The van der Waals surface area contributed by atoms with Gasteiger partial charge in [-0.15, -0.1) is 24.8 Å². The van der Waals surface area contributed by atoms with Gasteiger partial charge in [-0.1, -0.05) is 38.1 Å². The van der Waals surface area contributed by atoms with E-state index >= 15 is 0 Å². The zero-order valence-corrected chi connectivity index (χ0v) is 16.1. The standard InChI is InChI=1S/C17H29N3O.2ClH/c1-4-20(5-2)14-16-10-8-15(9-11-16)13-19-17(21)7-6-12-18-3;;/h8-11,18H,4-7,12-14H2,1-3H3,(H,19,21);2*1H. The second-order valence-corrected chi connectivity index (χ2v) is 5.26. The molecule has 1 amide bonds. The molecule has 0 unspecified atom stereocenters. The van der Waals surface area contributed by atoms with Gasteiger partial charge in [-0.2, -0.15) is 0 Å². The Labute approximate surface area is 153 Å². The Morgan fingerprint density at radius 3 is 2.13 bits per heavy atom. The molecular formula is C17H31Cl2N3O. The Balaban J connectivity index is 0. The molecule has 1 aromatic rings. The summed E-state index contributed by atoms with van der Waals surface area (Å²) < 4.78 is 0. The number of hydrogen-bond acceptors (Lipinski definition) is 3. The van der Waals surface area contributed by atoms with Gasteiger partial charge in [0, 0.05) is 19.5 Å². The highest BCUT2D eigenvalue weighted by molar-refractivity contribution is 5.85. The van der Waals surface area contributed by atoms with E-state index < -0.39 is 0 Å². The molecule has 0 fully saturated rings. The number of rotatable bonds is 10. The number of nitrogens with zero attached hydrogens (tertiary/aromatic N) is 1.